The standard InChI is InChI=1S/C21H18N2O5/c1-27-19-11-16-15(10-17(19)25)18(6-9-22-16)28-14-4-2-13(3-5-14)23-20(26)21(12-24)7-8-21/h2-6,9-12,25H,7-8H2,1H3,(H,23,26). The highest BCUT2D eigenvalue weighted by molar-refractivity contribution is 6.07. The molecule has 4 rings (SSSR count). The molecular formula is C21H18N2O5. The van der Waals surface area contributed by atoms with Crippen molar-refractivity contribution in [2.24, 2.45) is 5.41 Å². The van der Waals surface area contributed by atoms with Gasteiger partial charge in [-0.2, -0.15) is 0 Å². The molecule has 1 heterocycles. The van der Waals surface area contributed by atoms with Gasteiger partial charge in [-0.15, -0.1) is 0 Å². The monoisotopic (exact) mass is 378 g/mol. The van der Waals surface area contributed by atoms with Gasteiger partial charge in [-0.3, -0.25) is 9.78 Å². The van der Waals surface area contributed by atoms with Gasteiger partial charge in [0.25, 0.3) is 0 Å². The Hall–Kier alpha value is -3.61. The van der Waals surface area contributed by atoms with Crippen LogP contribution in [-0.2, 0) is 9.59 Å². The number of fused-ring (bicyclic) bond motifs is 1. The van der Waals surface area contributed by atoms with E-state index in [4.69, 9.17) is 9.47 Å². The minimum absolute atomic E-state index is 0.00454. The largest absolute Gasteiger partial charge is 0.504 e. The van der Waals surface area contributed by atoms with Gasteiger partial charge in [-0.05, 0) is 49.2 Å². The maximum Gasteiger partial charge on any atom is 0.237 e. The predicted octanol–water partition coefficient (Wildman–Crippen LogP) is 3.66. The number of phenols is 1. The molecule has 2 aromatic carbocycles. The second kappa shape index (κ2) is 6.84. The Morgan fingerprint density at radius 2 is 1.93 bits per heavy atom. The molecule has 0 spiro atoms. The van der Waals surface area contributed by atoms with Crippen molar-refractivity contribution in [1.29, 1.82) is 0 Å². The zero-order valence-electron chi connectivity index (χ0n) is 15.1. The van der Waals surface area contributed by atoms with Gasteiger partial charge in [0, 0.05) is 23.3 Å². The molecule has 0 aliphatic heterocycles. The molecule has 1 aromatic heterocycles. The summed E-state index contributed by atoms with van der Waals surface area (Å²) in [4.78, 5) is 27.4. The Bertz CT molecular complexity index is 1060. The third-order valence-corrected chi connectivity index (χ3v) is 4.81. The Balaban J connectivity index is 1.54. The molecule has 3 aromatic rings. The van der Waals surface area contributed by atoms with E-state index in [0.29, 0.717) is 46.7 Å². The van der Waals surface area contributed by atoms with E-state index in [1.807, 2.05) is 0 Å². The average Bonchev–Trinajstić information content (AvgIpc) is 3.51. The van der Waals surface area contributed by atoms with E-state index in [2.05, 4.69) is 10.3 Å². The fraction of sp³-hybridized carbons (Fsp3) is 0.190. The molecule has 1 saturated carbocycles. The van der Waals surface area contributed by atoms with Crippen LogP contribution in [0.1, 0.15) is 12.8 Å². The highest BCUT2D eigenvalue weighted by Crippen LogP contribution is 2.44. The fourth-order valence-electron chi connectivity index (χ4n) is 2.91. The molecule has 1 fully saturated rings. The van der Waals surface area contributed by atoms with Crippen molar-refractivity contribution in [3.8, 4) is 23.0 Å². The first kappa shape index (κ1) is 17.8. The maximum absolute atomic E-state index is 12.1. The summed E-state index contributed by atoms with van der Waals surface area (Å²) in [5, 5.41) is 13.4. The number of carbonyl (C=O) groups excluding carboxylic acids is 2. The first-order valence-electron chi connectivity index (χ1n) is 8.76. The first-order chi connectivity index (χ1) is 13.5. The van der Waals surface area contributed by atoms with Gasteiger partial charge in [0.05, 0.1) is 12.6 Å². The molecular weight excluding hydrogens is 360 g/mol. The van der Waals surface area contributed by atoms with Gasteiger partial charge in [0.1, 0.15) is 23.2 Å². The van der Waals surface area contributed by atoms with E-state index < -0.39 is 5.41 Å². The van der Waals surface area contributed by atoms with Crippen LogP contribution in [0.4, 0.5) is 5.69 Å². The van der Waals surface area contributed by atoms with Crippen LogP contribution in [0.2, 0.25) is 0 Å². The van der Waals surface area contributed by atoms with Crippen molar-refractivity contribution in [3.05, 3.63) is 48.7 Å². The highest BCUT2D eigenvalue weighted by Gasteiger charge is 2.50. The van der Waals surface area contributed by atoms with Crippen LogP contribution in [0, 0.1) is 5.41 Å². The summed E-state index contributed by atoms with van der Waals surface area (Å²) < 4.78 is 11.0. The second-order valence-corrected chi connectivity index (χ2v) is 6.70. The number of ether oxygens (including phenoxy) is 2. The SMILES string of the molecule is COc1cc2nccc(Oc3ccc(NC(=O)C4(C=O)CC4)cc3)c2cc1O. The molecule has 1 amide bonds. The summed E-state index contributed by atoms with van der Waals surface area (Å²) in [7, 11) is 1.47. The number of anilines is 1. The number of hydrogen-bond donors (Lipinski definition) is 2. The van der Waals surface area contributed by atoms with E-state index in [1.54, 1.807) is 48.7 Å². The molecule has 0 unspecified atom stereocenters. The third-order valence-electron chi connectivity index (χ3n) is 4.81. The van der Waals surface area contributed by atoms with Crippen molar-refractivity contribution in [2.75, 3.05) is 12.4 Å². The Labute approximate surface area is 160 Å². The van der Waals surface area contributed by atoms with E-state index in [1.165, 1.54) is 7.11 Å². The second-order valence-electron chi connectivity index (χ2n) is 6.70. The maximum atomic E-state index is 12.1. The number of methoxy groups -OCH3 is 1. The molecule has 2 N–H and O–H groups in total. The Morgan fingerprint density at radius 1 is 1.18 bits per heavy atom. The number of phenolic OH excluding ortho intramolecular Hbond substituents is 1. The third kappa shape index (κ3) is 3.22. The van der Waals surface area contributed by atoms with Crippen LogP contribution in [-0.4, -0.2) is 29.4 Å². The molecule has 0 saturated heterocycles. The van der Waals surface area contributed by atoms with E-state index in [-0.39, 0.29) is 11.7 Å². The Morgan fingerprint density at radius 3 is 2.57 bits per heavy atom. The quantitative estimate of drug-likeness (QED) is 0.502. The number of nitrogens with one attached hydrogen (secondary N) is 1. The topological polar surface area (TPSA) is 97.8 Å². The number of aromatic nitrogens is 1. The van der Waals surface area contributed by atoms with Crippen LogP contribution < -0.4 is 14.8 Å². The summed E-state index contributed by atoms with van der Waals surface area (Å²) in [6.45, 7) is 0. The number of pyridine rings is 1. The van der Waals surface area contributed by atoms with Gasteiger partial charge in [-0.25, -0.2) is 0 Å². The highest BCUT2D eigenvalue weighted by atomic mass is 16.5. The van der Waals surface area contributed by atoms with Gasteiger partial charge >= 0.3 is 0 Å². The number of carbonyl (C=O) groups is 2. The van der Waals surface area contributed by atoms with Crippen molar-refractivity contribution in [1.82, 2.24) is 4.98 Å². The molecule has 1 aliphatic rings. The minimum atomic E-state index is -0.853. The summed E-state index contributed by atoms with van der Waals surface area (Å²) in [5.41, 5.74) is 0.362. The predicted molar refractivity (Wildman–Crippen MR) is 103 cm³/mol. The lowest BCUT2D eigenvalue weighted by Crippen LogP contribution is -2.25. The van der Waals surface area contributed by atoms with E-state index in [9.17, 15) is 14.7 Å². The van der Waals surface area contributed by atoms with Crippen molar-refractivity contribution in [3.63, 3.8) is 0 Å². The number of amides is 1. The van der Waals surface area contributed by atoms with Crippen molar-refractivity contribution < 1.29 is 24.2 Å². The lowest BCUT2D eigenvalue weighted by atomic mass is 10.1. The molecule has 142 valence electrons. The van der Waals surface area contributed by atoms with Crippen LogP contribution in [0.5, 0.6) is 23.0 Å². The molecule has 1 aliphatic carbocycles. The van der Waals surface area contributed by atoms with Gasteiger partial charge in [0.15, 0.2) is 11.5 Å². The average molecular weight is 378 g/mol. The number of hydrogen-bond acceptors (Lipinski definition) is 6. The summed E-state index contributed by atoms with van der Waals surface area (Å²) in [5.74, 6) is 1.13. The van der Waals surface area contributed by atoms with Crippen LogP contribution in [0.15, 0.2) is 48.7 Å². The number of nitrogens with zero attached hydrogens (tertiary/aromatic N) is 1. The van der Waals surface area contributed by atoms with Gasteiger partial charge < -0.3 is 24.7 Å². The molecule has 0 atom stereocenters. The van der Waals surface area contributed by atoms with E-state index >= 15 is 0 Å². The van der Waals surface area contributed by atoms with Gasteiger partial charge in [0.2, 0.25) is 5.91 Å². The van der Waals surface area contributed by atoms with Crippen LogP contribution in [0.3, 0.4) is 0 Å². The zero-order chi connectivity index (χ0) is 19.7. The summed E-state index contributed by atoms with van der Waals surface area (Å²) in [6, 6.07) is 11.7. The number of aromatic hydroxyl groups is 1. The summed E-state index contributed by atoms with van der Waals surface area (Å²) in [6.07, 6.45) is 3.52. The van der Waals surface area contributed by atoms with Crippen LogP contribution in [0.25, 0.3) is 10.9 Å². The Kier molecular flexibility index (Phi) is 4.35. The molecule has 7 nitrogen and oxygen atoms in total. The lowest BCUT2D eigenvalue weighted by molar-refractivity contribution is -0.126. The van der Waals surface area contributed by atoms with Crippen molar-refractivity contribution in [2.45, 2.75) is 12.8 Å². The number of benzene rings is 2. The molecule has 0 radical (unpaired) electrons. The zero-order valence-corrected chi connectivity index (χ0v) is 15.1. The van der Waals surface area contributed by atoms with Crippen molar-refractivity contribution >= 4 is 28.8 Å². The lowest BCUT2D eigenvalue weighted by Gasteiger charge is -2.12. The normalized spacial score (nSPS) is 14.3. The number of aldehydes is 1. The molecule has 0 bridgehead atoms. The molecule has 28 heavy (non-hydrogen) atoms. The smallest absolute Gasteiger partial charge is 0.237 e. The minimum Gasteiger partial charge on any atom is -0.504 e. The number of rotatable bonds is 6. The van der Waals surface area contributed by atoms with Gasteiger partial charge in [-0.1, -0.05) is 0 Å². The first-order valence-corrected chi connectivity index (χ1v) is 8.76. The fourth-order valence-corrected chi connectivity index (χ4v) is 2.91. The van der Waals surface area contributed by atoms with E-state index in [0.717, 1.165) is 6.29 Å². The summed E-state index contributed by atoms with van der Waals surface area (Å²) >= 11 is 0. The van der Waals surface area contributed by atoms with Crippen LogP contribution >= 0.6 is 0 Å². The molecule has 7 heteroatoms.